The largest absolute Gasteiger partial charge is 0.493 e. The van der Waals surface area contributed by atoms with Crippen LogP contribution in [0.4, 0.5) is 0 Å². The molecule has 0 bridgehead atoms. The van der Waals surface area contributed by atoms with E-state index in [1.54, 1.807) is 0 Å². The van der Waals surface area contributed by atoms with Gasteiger partial charge in [-0.15, -0.1) is 0 Å². The lowest BCUT2D eigenvalue weighted by atomic mass is 10.2. The number of nitrogens with zero attached hydrogens (tertiary/aromatic N) is 1. The molecule has 0 fully saturated rings. The summed E-state index contributed by atoms with van der Waals surface area (Å²) in [5, 5.41) is 0.900. The molecule has 90 valence electrons. The first-order valence-corrected chi connectivity index (χ1v) is 5.79. The maximum absolute atomic E-state index is 11.9. The van der Waals surface area contributed by atoms with E-state index in [9.17, 15) is 4.79 Å². The van der Waals surface area contributed by atoms with Gasteiger partial charge in [-0.1, -0.05) is 30.1 Å². The van der Waals surface area contributed by atoms with Crippen LogP contribution in [-0.2, 0) is 6.42 Å². The van der Waals surface area contributed by atoms with Gasteiger partial charge in [0.1, 0.15) is 11.3 Å². The van der Waals surface area contributed by atoms with E-state index >= 15 is 0 Å². The molecule has 6 heteroatoms. The highest BCUT2D eigenvalue weighted by Gasteiger charge is 2.15. The normalized spacial score (nSPS) is 10.8. The van der Waals surface area contributed by atoms with Crippen LogP contribution < -0.4 is 10.3 Å². The van der Waals surface area contributed by atoms with E-state index < -0.39 is 0 Å². The minimum absolute atomic E-state index is 0.266. The van der Waals surface area contributed by atoms with E-state index in [2.05, 4.69) is 9.97 Å². The molecule has 4 nitrogen and oxygen atoms in total. The van der Waals surface area contributed by atoms with E-state index in [0.29, 0.717) is 33.9 Å². The summed E-state index contributed by atoms with van der Waals surface area (Å²) >= 11 is 12.0. The van der Waals surface area contributed by atoms with Gasteiger partial charge in [-0.05, 0) is 6.07 Å². The van der Waals surface area contributed by atoms with E-state index in [0.717, 1.165) is 0 Å². The second kappa shape index (κ2) is 4.55. The average molecular weight is 273 g/mol. The highest BCUT2D eigenvalue weighted by atomic mass is 35.5. The monoisotopic (exact) mass is 272 g/mol. The molecular weight excluding hydrogens is 263 g/mol. The van der Waals surface area contributed by atoms with Crippen LogP contribution in [0.5, 0.6) is 5.75 Å². The van der Waals surface area contributed by atoms with Gasteiger partial charge in [0.2, 0.25) is 0 Å². The van der Waals surface area contributed by atoms with Crippen molar-refractivity contribution in [1.82, 2.24) is 9.97 Å². The lowest BCUT2D eigenvalue weighted by Crippen LogP contribution is -2.12. The van der Waals surface area contributed by atoms with Crippen LogP contribution in [0.15, 0.2) is 10.9 Å². The smallest absolute Gasteiger partial charge is 0.260 e. The molecule has 0 aliphatic carbocycles. The van der Waals surface area contributed by atoms with Gasteiger partial charge in [0.05, 0.1) is 22.5 Å². The Kier molecular flexibility index (Phi) is 3.26. The minimum Gasteiger partial charge on any atom is -0.493 e. The van der Waals surface area contributed by atoms with Crippen molar-refractivity contribution in [3.8, 4) is 5.75 Å². The minimum atomic E-state index is -0.285. The molecule has 1 heterocycles. The molecule has 0 aliphatic heterocycles. The highest BCUT2D eigenvalue weighted by molar-refractivity contribution is 6.39. The number of rotatable bonds is 2. The quantitative estimate of drug-likeness (QED) is 0.915. The number of hydrogen-bond donors (Lipinski definition) is 1. The van der Waals surface area contributed by atoms with E-state index in [4.69, 9.17) is 27.9 Å². The molecule has 2 aromatic rings. The third-order valence-electron chi connectivity index (χ3n) is 2.43. The molecule has 1 aromatic heterocycles. The van der Waals surface area contributed by atoms with E-state index in [1.807, 2.05) is 6.92 Å². The van der Waals surface area contributed by atoms with Gasteiger partial charge in [0.15, 0.2) is 5.75 Å². The van der Waals surface area contributed by atoms with Crippen molar-refractivity contribution in [1.29, 1.82) is 0 Å². The Morgan fingerprint density at radius 2 is 2.12 bits per heavy atom. The lowest BCUT2D eigenvalue weighted by Gasteiger charge is -2.09. The molecule has 1 N–H and O–H groups in total. The zero-order valence-corrected chi connectivity index (χ0v) is 10.8. The lowest BCUT2D eigenvalue weighted by molar-refractivity contribution is 0.419. The Bertz CT molecular complexity index is 637. The molecule has 0 radical (unpaired) electrons. The number of hydrogen-bond acceptors (Lipinski definition) is 3. The Balaban J connectivity index is 2.99. The number of fused-ring (bicyclic) bond motifs is 1. The summed E-state index contributed by atoms with van der Waals surface area (Å²) < 4.78 is 5.16. The Labute approximate surface area is 108 Å². The Morgan fingerprint density at radius 1 is 1.41 bits per heavy atom. The van der Waals surface area contributed by atoms with Gasteiger partial charge in [0.25, 0.3) is 5.56 Å². The summed E-state index contributed by atoms with van der Waals surface area (Å²) in [5.74, 6) is 0.936. The van der Waals surface area contributed by atoms with Crippen molar-refractivity contribution in [3.05, 3.63) is 32.3 Å². The predicted molar refractivity (Wildman–Crippen MR) is 68.3 cm³/mol. The second-order valence-electron chi connectivity index (χ2n) is 3.46. The van der Waals surface area contributed by atoms with Crippen molar-refractivity contribution in [2.24, 2.45) is 0 Å². The first-order chi connectivity index (χ1) is 8.08. The predicted octanol–water partition coefficient (Wildman–Crippen LogP) is 2.80. The van der Waals surface area contributed by atoms with Crippen LogP contribution in [0.1, 0.15) is 12.7 Å². The Morgan fingerprint density at radius 3 is 2.71 bits per heavy atom. The maximum Gasteiger partial charge on any atom is 0.260 e. The SMILES string of the molecule is CCc1nc2c(OC)c(Cl)cc(Cl)c2c(=O)[nH]1. The Hall–Kier alpha value is -1.26. The molecule has 0 amide bonds. The van der Waals surface area contributed by atoms with Crippen LogP contribution in [0.2, 0.25) is 10.0 Å². The molecule has 2 rings (SSSR count). The fraction of sp³-hybridized carbons (Fsp3) is 0.273. The number of aryl methyl sites for hydroxylation is 1. The first kappa shape index (κ1) is 12.2. The maximum atomic E-state index is 11.9. The molecule has 0 saturated heterocycles. The van der Waals surface area contributed by atoms with Gasteiger partial charge < -0.3 is 9.72 Å². The molecule has 0 spiro atoms. The number of ether oxygens (including phenoxy) is 1. The molecule has 0 unspecified atom stereocenters. The first-order valence-electron chi connectivity index (χ1n) is 5.03. The van der Waals surface area contributed by atoms with Crippen LogP contribution in [-0.4, -0.2) is 17.1 Å². The fourth-order valence-corrected chi connectivity index (χ4v) is 2.25. The van der Waals surface area contributed by atoms with E-state index in [-0.39, 0.29) is 10.6 Å². The molecule has 0 atom stereocenters. The number of benzene rings is 1. The highest BCUT2D eigenvalue weighted by Crippen LogP contribution is 2.35. The number of methoxy groups -OCH3 is 1. The van der Waals surface area contributed by atoms with Crippen molar-refractivity contribution in [2.45, 2.75) is 13.3 Å². The molecular formula is C11H10Cl2N2O2. The van der Waals surface area contributed by atoms with Crippen molar-refractivity contribution >= 4 is 34.1 Å². The van der Waals surface area contributed by atoms with Gasteiger partial charge >= 0.3 is 0 Å². The topological polar surface area (TPSA) is 55.0 Å². The van der Waals surface area contributed by atoms with Crippen molar-refractivity contribution in [2.75, 3.05) is 7.11 Å². The van der Waals surface area contributed by atoms with Crippen LogP contribution in [0.3, 0.4) is 0 Å². The molecule has 0 saturated carbocycles. The molecule has 1 aromatic carbocycles. The number of nitrogens with one attached hydrogen (secondary N) is 1. The number of H-pyrrole nitrogens is 1. The van der Waals surface area contributed by atoms with Gasteiger partial charge in [0, 0.05) is 6.42 Å². The zero-order valence-electron chi connectivity index (χ0n) is 9.30. The van der Waals surface area contributed by atoms with Crippen molar-refractivity contribution in [3.63, 3.8) is 0 Å². The standard InChI is InChI=1S/C11H10Cl2N2O2/c1-3-7-14-9-8(11(16)15-7)5(12)4-6(13)10(9)17-2/h4H,3H2,1-2H3,(H,14,15,16). The number of aromatic nitrogens is 2. The molecule has 17 heavy (non-hydrogen) atoms. The summed E-state index contributed by atoms with van der Waals surface area (Å²) in [6, 6.07) is 1.48. The number of halogens is 2. The third-order valence-corrected chi connectivity index (χ3v) is 3.01. The van der Waals surface area contributed by atoms with Gasteiger partial charge in [-0.2, -0.15) is 0 Å². The third kappa shape index (κ3) is 1.98. The summed E-state index contributed by atoms with van der Waals surface area (Å²) in [5.41, 5.74) is 0.109. The zero-order chi connectivity index (χ0) is 12.6. The fourth-order valence-electron chi connectivity index (χ4n) is 1.63. The summed E-state index contributed by atoms with van der Waals surface area (Å²) in [6.07, 6.45) is 0.610. The van der Waals surface area contributed by atoms with Gasteiger partial charge in [-0.25, -0.2) is 4.98 Å². The number of aromatic amines is 1. The van der Waals surface area contributed by atoms with E-state index in [1.165, 1.54) is 13.2 Å². The summed E-state index contributed by atoms with van der Waals surface area (Å²) in [4.78, 5) is 18.8. The average Bonchev–Trinajstić information content (AvgIpc) is 2.28. The summed E-state index contributed by atoms with van der Waals surface area (Å²) in [6.45, 7) is 1.89. The molecule has 0 aliphatic rings. The summed E-state index contributed by atoms with van der Waals surface area (Å²) in [7, 11) is 1.48. The van der Waals surface area contributed by atoms with Crippen LogP contribution in [0.25, 0.3) is 10.9 Å². The van der Waals surface area contributed by atoms with Crippen LogP contribution >= 0.6 is 23.2 Å². The van der Waals surface area contributed by atoms with Gasteiger partial charge in [-0.3, -0.25) is 4.79 Å². The second-order valence-corrected chi connectivity index (χ2v) is 4.28. The van der Waals surface area contributed by atoms with Crippen LogP contribution in [0, 0.1) is 0 Å². The van der Waals surface area contributed by atoms with Crippen molar-refractivity contribution < 1.29 is 4.74 Å².